The van der Waals surface area contributed by atoms with Crippen LogP contribution in [0.15, 0.2) is 18.2 Å². The highest BCUT2D eigenvalue weighted by atomic mass is 32.2. The van der Waals surface area contributed by atoms with Gasteiger partial charge in [-0.05, 0) is 37.0 Å². The number of unbranched alkanes of at least 4 members (excludes halogenated alkanes) is 5. The quantitative estimate of drug-likeness (QED) is 0.497. The van der Waals surface area contributed by atoms with Gasteiger partial charge in [0.15, 0.2) is 0 Å². The van der Waals surface area contributed by atoms with Gasteiger partial charge >= 0.3 is 0 Å². The normalized spacial score (nSPS) is 13.2. The Balaban J connectivity index is 2.61. The van der Waals surface area contributed by atoms with Crippen molar-refractivity contribution in [1.82, 2.24) is 0 Å². The first-order valence-corrected chi connectivity index (χ1v) is 9.60. The van der Waals surface area contributed by atoms with E-state index in [1.54, 1.807) is 25.1 Å². The van der Waals surface area contributed by atoms with Gasteiger partial charge in [0.2, 0.25) is 0 Å². The third kappa shape index (κ3) is 6.36. The van der Waals surface area contributed by atoms with Crippen molar-refractivity contribution in [2.45, 2.75) is 70.5 Å². The topological polar surface area (TPSA) is 74.6 Å². The van der Waals surface area contributed by atoms with E-state index in [9.17, 15) is 18.1 Å². The van der Waals surface area contributed by atoms with Crippen LogP contribution in [0, 0.1) is 6.92 Å². The molecule has 5 heteroatoms. The maximum absolute atomic E-state index is 11.6. The molecule has 0 aromatic heterocycles. The number of hydrogen-bond acceptors (Lipinski definition) is 3. The van der Waals surface area contributed by atoms with Crippen molar-refractivity contribution in [3.05, 3.63) is 29.3 Å². The summed E-state index contributed by atoms with van der Waals surface area (Å²) in [4.78, 5) is 0. The van der Waals surface area contributed by atoms with Gasteiger partial charge in [-0.2, -0.15) is 8.42 Å². The monoisotopic (exact) mass is 328 g/mol. The molecule has 0 aliphatic carbocycles. The molecule has 2 N–H and O–H groups in total. The Bertz CT molecular complexity index is 552. The summed E-state index contributed by atoms with van der Waals surface area (Å²) in [5, 5.41) is 8.91. The maximum Gasteiger partial charge on any atom is 0.268 e. The summed E-state index contributed by atoms with van der Waals surface area (Å²) in [7, 11) is -4.07. The Morgan fingerprint density at radius 3 is 2.36 bits per heavy atom. The zero-order chi connectivity index (χ0) is 16.6. The predicted octanol–water partition coefficient (Wildman–Crippen LogP) is 4.25. The van der Waals surface area contributed by atoms with Crippen LogP contribution in [-0.4, -0.2) is 23.3 Å². The molecule has 126 valence electrons. The van der Waals surface area contributed by atoms with Crippen LogP contribution in [0.1, 0.15) is 63.0 Å². The Morgan fingerprint density at radius 1 is 1.09 bits per heavy atom. The summed E-state index contributed by atoms with van der Waals surface area (Å²) < 4.78 is 32.6. The highest BCUT2D eigenvalue weighted by Gasteiger charge is 2.23. The van der Waals surface area contributed by atoms with Gasteiger partial charge in [-0.3, -0.25) is 4.55 Å². The van der Waals surface area contributed by atoms with Crippen LogP contribution in [0.5, 0.6) is 5.75 Å². The SMILES string of the molecule is CCCCCCCCC(Cc1cccc(O)c1C)S(=O)(=O)O. The van der Waals surface area contributed by atoms with E-state index in [4.69, 9.17) is 0 Å². The molecule has 0 bridgehead atoms. The van der Waals surface area contributed by atoms with Crippen LogP contribution in [0.3, 0.4) is 0 Å². The fraction of sp³-hybridized carbons (Fsp3) is 0.647. The third-order valence-corrected chi connectivity index (χ3v) is 5.41. The second-order valence-electron chi connectivity index (χ2n) is 5.96. The molecule has 0 saturated heterocycles. The van der Waals surface area contributed by atoms with Gasteiger partial charge in [0, 0.05) is 0 Å². The molecular formula is C17H28O4S. The molecule has 1 aromatic carbocycles. The van der Waals surface area contributed by atoms with Crippen molar-refractivity contribution in [2.75, 3.05) is 0 Å². The van der Waals surface area contributed by atoms with Crippen LogP contribution >= 0.6 is 0 Å². The van der Waals surface area contributed by atoms with Crippen LogP contribution in [-0.2, 0) is 16.5 Å². The lowest BCUT2D eigenvalue weighted by Gasteiger charge is -2.16. The fourth-order valence-electron chi connectivity index (χ4n) is 2.64. The van der Waals surface area contributed by atoms with Crippen LogP contribution in [0.4, 0.5) is 0 Å². The van der Waals surface area contributed by atoms with E-state index < -0.39 is 15.4 Å². The molecule has 0 fully saturated rings. The minimum absolute atomic E-state index is 0.158. The predicted molar refractivity (Wildman–Crippen MR) is 89.9 cm³/mol. The first kappa shape index (κ1) is 19.0. The van der Waals surface area contributed by atoms with Crippen molar-refractivity contribution in [1.29, 1.82) is 0 Å². The average Bonchev–Trinajstić information content (AvgIpc) is 2.44. The molecule has 22 heavy (non-hydrogen) atoms. The molecule has 4 nitrogen and oxygen atoms in total. The maximum atomic E-state index is 11.6. The third-order valence-electron chi connectivity index (χ3n) is 4.17. The van der Waals surface area contributed by atoms with Crippen molar-refractivity contribution < 1.29 is 18.1 Å². The molecule has 0 amide bonds. The van der Waals surface area contributed by atoms with Crippen LogP contribution < -0.4 is 0 Å². The lowest BCUT2D eigenvalue weighted by atomic mass is 10.00. The van der Waals surface area contributed by atoms with Crippen LogP contribution in [0.25, 0.3) is 0 Å². The summed E-state index contributed by atoms with van der Waals surface area (Å²) in [5.41, 5.74) is 1.45. The summed E-state index contributed by atoms with van der Waals surface area (Å²) in [5.74, 6) is 0.158. The molecule has 0 aliphatic rings. The van der Waals surface area contributed by atoms with Gasteiger partial charge in [0.05, 0.1) is 5.25 Å². The molecule has 1 unspecified atom stereocenters. The number of phenols is 1. The van der Waals surface area contributed by atoms with Gasteiger partial charge < -0.3 is 5.11 Å². The Labute approximate surface area is 134 Å². The second kappa shape index (κ2) is 9.16. The number of rotatable bonds is 10. The van der Waals surface area contributed by atoms with E-state index in [2.05, 4.69) is 6.92 Å². The molecular weight excluding hydrogens is 300 g/mol. The Hall–Kier alpha value is -1.07. The molecule has 1 atom stereocenters. The molecule has 1 rings (SSSR count). The number of hydrogen-bond donors (Lipinski definition) is 2. The largest absolute Gasteiger partial charge is 0.508 e. The highest BCUT2D eigenvalue weighted by molar-refractivity contribution is 7.86. The smallest absolute Gasteiger partial charge is 0.268 e. The minimum atomic E-state index is -4.07. The van der Waals surface area contributed by atoms with Gasteiger partial charge in [-0.25, -0.2) is 0 Å². The summed E-state index contributed by atoms with van der Waals surface area (Å²) in [6.45, 7) is 3.92. The fourth-order valence-corrected chi connectivity index (χ4v) is 3.50. The van der Waals surface area contributed by atoms with E-state index >= 15 is 0 Å². The minimum Gasteiger partial charge on any atom is -0.508 e. The van der Waals surface area contributed by atoms with Crippen LogP contribution in [0.2, 0.25) is 0 Å². The van der Waals surface area contributed by atoms with E-state index in [1.807, 2.05) is 0 Å². The standard InChI is InChI=1S/C17H28O4S/c1-3-4-5-6-7-8-11-16(22(19,20)21)13-15-10-9-12-17(18)14(15)2/h9-10,12,16,18H,3-8,11,13H2,1-2H3,(H,19,20,21). The molecule has 0 spiro atoms. The first-order chi connectivity index (χ1) is 10.4. The molecule has 0 aliphatic heterocycles. The van der Waals surface area contributed by atoms with E-state index in [1.165, 1.54) is 19.3 Å². The number of benzene rings is 1. The van der Waals surface area contributed by atoms with E-state index in [0.717, 1.165) is 24.8 Å². The zero-order valence-electron chi connectivity index (χ0n) is 13.6. The number of aromatic hydroxyl groups is 1. The van der Waals surface area contributed by atoms with Crippen molar-refractivity contribution in [2.24, 2.45) is 0 Å². The second-order valence-corrected chi connectivity index (χ2v) is 7.66. The molecule has 0 saturated carbocycles. The Kier molecular flexibility index (Phi) is 7.90. The highest BCUT2D eigenvalue weighted by Crippen LogP contribution is 2.24. The summed E-state index contributed by atoms with van der Waals surface area (Å²) >= 11 is 0. The molecule has 0 heterocycles. The average molecular weight is 328 g/mol. The summed E-state index contributed by atoms with van der Waals surface area (Å²) in [6, 6.07) is 5.08. The summed E-state index contributed by atoms with van der Waals surface area (Å²) in [6.07, 6.45) is 7.18. The molecule has 0 radical (unpaired) electrons. The van der Waals surface area contributed by atoms with Crippen molar-refractivity contribution in [3.8, 4) is 5.75 Å². The van der Waals surface area contributed by atoms with E-state index in [-0.39, 0.29) is 12.2 Å². The first-order valence-electron chi connectivity index (χ1n) is 8.10. The van der Waals surface area contributed by atoms with Crippen molar-refractivity contribution >= 4 is 10.1 Å². The molecule has 1 aromatic rings. The number of phenolic OH excluding ortho intramolecular Hbond substituents is 1. The van der Waals surface area contributed by atoms with Gasteiger partial charge in [0.1, 0.15) is 5.75 Å². The Morgan fingerprint density at radius 2 is 1.73 bits per heavy atom. The lowest BCUT2D eigenvalue weighted by Crippen LogP contribution is -2.23. The van der Waals surface area contributed by atoms with Gasteiger partial charge in [-0.15, -0.1) is 0 Å². The van der Waals surface area contributed by atoms with Gasteiger partial charge in [0.25, 0.3) is 10.1 Å². The zero-order valence-corrected chi connectivity index (χ0v) is 14.4. The lowest BCUT2D eigenvalue weighted by molar-refractivity contribution is 0.452. The van der Waals surface area contributed by atoms with Crippen molar-refractivity contribution in [3.63, 3.8) is 0 Å². The van der Waals surface area contributed by atoms with E-state index in [0.29, 0.717) is 12.0 Å². The van der Waals surface area contributed by atoms with Gasteiger partial charge in [-0.1, -0.05) is 57.6 Å².